The maximum Gasteiger partial charge on any atom is 0.277 e. The smallest absolute Gasteiger partial charge is 0.277 e. The Balaban J connectivity index is 1.09. The summed E-state index contributed by atoms with van der Waals surface area (Å²) in [6.45, 7) is 2.59. The maximum atomic E-state index is 12.9. The van der Waals surface area contributed by atoms with Gasteiger partial charge in [-0.2, -0.15) is 0 Å². The van der Waals surface area contributed by atoms with Crippen molar-refractivity contribution in [3.8, 4) is 17.2 Å². The molecular weight excluding hydrogens is 548 g/mol. The van der Waals surface area contributed by atoms with Crippen LogP contribution < -0.4 is 15.0 Å². The molecule has 0 bridgehead atoms. The molecule has 1 N–H and O–H groups in total. The monoisotopic (exact) mass is 574 g/mol. The van der Waals surface area contributed by atoms with Gasteiger partial charge in [0.05, 0.1) is 17.8 Å². The van der Waals surface area contributed by atoms with Gasteiger partial charge < -0.3 is 24.3 Å². The van der Waals surface area contributed by atoms with Crippen molar-refractivity contribution in [1.29, 1.82) is 0 Å². The number of piperazine rings is 1. The molecule has 12 nitrogen and oxygen atoms in total. The van der Waals surface area contributed by atoms with Crippen LogP contribution in [0, 0.1) is 10.1 Å². The third kappa shape index (κ3) is 6.81. The second kappa shape index (κ2) is 12.5. The summed E-state index contributed by atoms with van der Waals surface area (Å²) in [5.74, 6) is 0.573. The number of nitro benzene ring substituents is 1. The number of rotatable bonds is 9. The van der Waals surface area contributed by atoms with Crippen LogP contribution in [0.15, 0.2) is 82.4 Å². The number of amides is 2. The van der Waals surface area contributed by atoms with E-state index in [9.17, 15) is 19.7 Å². The zero-order valence-electron chi connectivity index (χ0n) is 22.1. The molecule has 1 saturated heterocycles. The number of non-ortho nitro benzene ring substituents is 1. The summed E-state index contributed by atoms with van der Waals surface area (Å²) in [6, 6.07) is 20.6. The molecule has 0 atom stereocenters. The number of hydrogen-bond donors (Lipinski definition) is 1. The predicted molar refractivity (Wildman–Crippen MR) is 153 cm³/mol. The van der Waals surface area contributed by atoms with Crippen LogP contribution in [0.2, 0.25) is 0 Å². The minimum absolute atomic E-state index is 0.0136. The Kier molecular flexibility index (Phi) is 8.44. The van der Waals surface area contributed by atoms with Gasteiger partial charge in [-0.05, 0) is 48.5 Å². The number of nitrogens with one attached hydrogen (secondary N) is 1. The lowest BCUT2D eigenvalue weighted by atomic mass is 10.1. The van der Waals surface area contributed by atoms with Crippen LogP contribution in [0.5, 0.6) is 5.75 Å². The molecule has 1 fully saturated rings. The van der Waals surface area contributed by atoms with Crippen LogP contribution in [-0.2, 0) is 4.79 Å². The molecular formula is C28H26N6O6S. The van der Waals surface area contributed by atoms with Gasteiger partial charge >= 0.3 is 0 Å². The van der Waals surface area contributed by atoms with E-state index in [1.807, 2.05) is 41.3 Å². The average Bonchev–Trinajstić information content (AvgIpc) is 3.49. The largest absolute Gasteiger partial charge is 0.497 e. The molecule has 41 heavy (non-hydrogen) atoms. The molecule has 2 amide bonds. The summed E-state index contributed by atoms with van der Waals surface area (Å²) in [4.78, 5) is 39.9. The molecule has 0 spiro atoms. The number of hydrogen-bond acceptors (Lipinski definition) is 10. The maximum absolute atomic E-state index is 12.9. The Bertz CT molecular complexity index is 1550. The van der Waals surface area contributed by atoms with Gasteiger partial charge in [-0.15, -0.1) is 10.2 Å². The second-order valence-electron chi connectivity index (χ2n) is 9.08. The van der Waals surface area contributed by atoms with Crippen LogP contribution in [0.3, 0.4) is 0 Å². The summed E-state index contributed by atoms with van der Waals surface area (Å²) >= 11 is 1.07. The van der Waals surface area contributed by atoms with Gasteiger partial charge in [0.25, 0.3) is 16.8 Å². The lowest BCUT2D eigenvalue weighted by Crippen LogP contribution is -2.48. The van der Waals surface area contributed by atoms with Crippen LogP contribution in [0.4, 0.5) is 17.1 Å². The van der Waals surface area contributed by atoms with E-state index in [2.05, 4.69) is 20.4 Å². The van der Waals surface area contributed by atoms with Crippen molar-refractivity contribution in [2.24, 2.45) is 0 Å². The van der Waals surface area contributed by atoms with Crippen LogP contribution >= 0.6 is 11.8 Å². The number of aromatic nitrogens is 2. The van der Waals surface area contributed by atoms with Gasteiger partial charge in [0.1, 0.15) is 5.75 Å². The van der Waals surface area contributed by atoms with Crippen molar-refractivity contribution in [2.45, 2.75) is 5.22 Å². The number of nitrogens with zero attached hydrogens (tertiary/aromatic N) is 5. The Morgan fingerprint density at radius 2 is 1.78 bits per heavy atom. The van der Waals surface area contributed by atoms with Crippen LogP contribution in [-0.4, -0.2) is 70.9 Å². The quantitative estimate of drug-likeness (QED) is 0.174. The number of anilines is 2. The predicted octanol–water partition coefficient (Wildman–Crippen LogP) is 4.35. The number of nitro groups is 1. The molecule has 3 aromatic carbocycles. The fourth-order valence-electron chi connectivity index (χ4n) is 4.32. The lowest BCUT2D eigenvalue weighted by molar-refractivity contribution is -0.384. The highest BCUT2D eigenvalue weighted by Crippen LogP contribution is 2.26. The number of thioether (sulfide) groups is 1. The molecule has 210 valence electrons. The first kappa shape index (κ1) is 27.6. The van der Waals surface area contributed by atoms with Crippen molar-refractivity contribution in [1.82, 2.24) is 15.1 Å². The normalized spacial score (nSPS) is 13.1. The van der Waals surface area contributed by atoms with Gasteiger partial charge in [0.2, 0.25) is 11.8 Å². The topological polar surface area (TPSA) is 144 Å². The van der Waals surface area contributed by atoms with E-state index < -0.39 is 4.92 Å². The second-order valence-corrected chi connectivity index (χ2v) is 10.0. The Morgan fingerprint density at radius 3 is 2.51 bits per heavy atom. The molecule has 1 aromatic heterocycles. The highest BCUT2D eigenvalue weighted by molar-refractivity contribution is 7.99. The van der Waals surface area contributed by atoms with E-state index in [1.165, 1.54) is 18.2 Å². The molecule has 13 heteroatoms. The van der Waals surface area contributed by atoms with Gasteiger partial charge in [0, 0.05) is 60.8 Å². The summed E-state index contributed by atoms with van der Waals surface area (Å²) in [5, 5.41) is 21.8. The first-order valence-corrected chi connectivity index (χ1v) is 13.7. The molecule has 2 heterocycles. The molecule has 1 aliphatic heterocycles. The molecule has 0 unspecified atom stereocenters. The van der Waals surface area contributed by atoms with E-state index in [1.54, 1.807) is 25.3 Å². The molecule has 4 aromatic rings. The van der Waals surface area contributed by atoms with E-state index in [4.69, 9.17) is 9.15 Å². The number of ether oxygens (including phenoxy) is 1. The molecule has 1 aliphatic rings. The van der Waals surface area contributed by atoms with Crippen molar-refractivity contribution in [3.05, 3.63) is 88.5 Å². The van der Waals surface area contributed by atoms with E-state index in [-0.39, 0.29) is 34.4 Å². The van der Waals surface area contributed by atoms with E-state index in [0.717, 1.165) is 17.4 Å². The minimum Gasteiger partial charge on any atom is -0.497 e. The molecule has 0 radical (unpaired) electrons. The summed E-state index contributed by atoms with van der Waals surface area (Å²) in [6.07, 6.45) is 0. The third-order valence-electron chi connectivity index (χ3n) is 6.44. The molecule has 0 saturated carbocycles. The Morgan fingerprint density at radius 1 is 1.02 bits per heavy atom. The minimum atomic E-state index is -0.500. The van der Waals surface area contributed by atoms with Gasteiger partial charge in [-0.1, -0.05) is 23.9 Å². The summed E-state index contributed by atoms with van der Waals surface area (Å²) in [7, 11) is 1.58. The zero-order chi connectivity index (χ0) is 28.8. The number of carbonyl (C=O) groups is 2. The highest BCUT2D eigenvalue weighted by atomic mass is 32.2. The lowest BCUT2D eigenvalue weighted by Gasteiger charge is -2.36. The Hall–Kier alpha value is -4.91. The van der Waals surface area contributed by atoms with Gasteiger partial charge in [-0.25, -0.2) is 0 Å². The number of benzene rings is 3. The number of methoxy groups -OCH3 is 1. The summed E-state index contributed by atoms with van der Waals surface area (Å²) < 4.78 is 10.8. The standard InChI is InChI=1S/C28H26N6O6S/c1-39-24-7-3-5-20(17-24)27(36)33-14-12-32(13-15-33)22-10-8-21(9-11-22)29-25(35)18-41-28-31-30-26(40-28)19-4-2-6-23(16-19)34(37)38/h2-11,16-17H,12-15,18H2,1H3,(H,29,35). The zero-order valence-corrected chi connectivity index (χ0v) is 22.9. The van der Waals surface area contributed by atoms with Crippen LogP contribution in [0.1, 0.15) is 10.4 Å². The average molecular weight is 575 g/mol. The number of carbonyl (C=O) groups excluding carboxylic acids is 2. The Labute approximate surface area is 239 Å². The fourth-order valence-corrected chi connectivity index (χ4v) is 4.89. The van der Waals surface area contributed by atoms with Gasteiger partial charge in [-0.3, -0.25) is 19.7 Å². The first-order valence-electron chi connectivity index (χ1n) is 12.7. The molecule has 5 rings (SSSR count). The fraction of sp³-hybridized carbons (Fsp3) is 0.214. The van der Waals surface area contributed by atoms with Crippen LogP contribution in [0.25, 0.3) is 11.5 Å². The van der Waals surface area contributed by atoms with E-state index >= 15 is 0 Å². The van der Waals surface area contributed by atoms with Crippen molar-refractivity contribution < 1.29 is 23.7 Å². The van der Waals surface area contributed by atoms with E-state index in [0.29, 0.717) is 48.7 Å². The van der Waals surface area contributed by atoms with Crippen molar-refractivity contribution >= 4 is 40.6 Å². The SMILES string of the molecule is COc1cccc(C(=O)N2CCN(c3ccc(NC(=O)CSc4nnc(-c5cccc([N+](=O)[O-])c5)o4)cc3)CC2)c1. The van der Waals surface area contributed by atoms with Crippen molar-refractivity contribution in [2.75, 3.05) is 49.3 Å². The van der Waals surface area contributed by atoms with Crippen molar-refractivity contribution in [3.63, 3.8) is 0 Å². The highest BCUT2D eigenvalue weighted by Gasteiger charge is 2.23. The van der Waals surface area contributed by atoms with Gasteiger partial charge in [0.15, 0.2) is 0 Å². The first-order chi connectivity index (χ1) is 19.9. The summed E-state index contributed by atoms with van der Waals surface area (Å²) in [5.41, 5.74) is 2.60. The molecule has 0 aliphatic carbocycles. The third-order valence-corrected chi connectivity index (χ3v) is 7.26.